The quantitative estimate of drug-likeness (QED) is 0.451. The van der Waals surface area contributed by atoms with Gasteiger partial charge in [0.15, 0.2) is 5.78 Å². The van der Waals surface area contributed by atoms with Gasteiger partial charge in [0.2, 0.25) is 0 Å². The van der Waals surface area contributed by atoms with Gasteiger partial charge < -0.3 is 4.74 Å². The lowest BCUT2D eigenvalue weighted by molar-refractivity contribution is -0.122. The fraction of sp³-hybridized carbons (Fsp3) is 0.571. The van der Waals surface area contributed by atoms with Gasteiger partial charge in [-0.2, -0.15) is 0 Å². The van der Waals surface area contributed by atoms with Gasteiger partial charge in [-0.25, -0.2) is 0 Å². The summed E-state index contributed by atoms with van der Waals surface area (Å²) in [7, 11) is 0. The molecule has 0 fully saturated rings. The zero-order valence-electron chi connectivity index (χ0n) is 5.30. The summed E-state index contributed by atoms with van der Waals surface area (Å²) < 4.78 is 4.99. The predicted molar refractivity (Wildman–Crippen MR) is 34.2 cm³/mol. The fourth-order valence-electron chi connectivity index (χ4n) is 0.729. The Morgan fingerprint density at radius 2 is 2.33 bits per heavy atom. The molecule has 9 heavy (non-hydrogen) atoms. The molecule has 1 rings (SSSR count). The van der Waals surface area contributed by atoms with Crippen LogP contribution in [-0.4, -0.2) is 19.0 Å². The number of hydrogen-bond acceptors (Lipinski definition) is 2. The predicted octanol–water partition coefficient (Wildman–Crippen LogP) is 0.922. The molecule has 0 aliphatic carbocycles. The van der Waals surface area contributed by atoms with E-state index in [0.29, 0.717) is 19.6 Å². The highest BCUT2D eigenvalue weighted by atomic mass is 16.5. The first-order valence-electron chi connectivity index (χ1n) is 3.14. The van der Waals surface area contributed by atoms with E-state index in [0.717, 1.165) is 6.42 Å². The van der Waals surface area contributed by atoms with Crippen molar-refractivity contribution in [2.75, 3.05) is 13.2 Å². The smallest absolute Gasteiger partial charge is 0.162 e. The SMILES string of the molecule is O=C1C/C=C\CCOC1. The molecule has 0 saturated heterocycles. The number of carbonyl (C=O) groups excluding carboxylic acids is 1. The molecule has 50 valence electrons. The van der Waals surface area contributed by atoms with Gasteiger partial charge in [0.25, 0.3) is 0 Å². The van der Waals surface area contributed by atoms with Crippen molar-refractivity contribution in [2.24, 2.45) is 0 Å². The second-order valence-corrected chi connectivity index (χ2v) is 2.06. The van der Waals surface area contributed by atoms with Crippen molar-refractivity contribution in [2.45, 2.75) is 12.8 Å². The van der Waals surface area contributed by atoms with E-state index in [-0.39, 0.29) is 5.78 Å². The third kappa shape index (κ3) is 2.42. The number of ether oxygens (including phenoxy) is 1. The lowest BCUT2D eigenvalue weighted by Crippen LogP contribution is -2.09. The summed E-state index contributed by atoms with van der Waals surface area (Å²) in [4.78, 5) is 10.7. The number of ketones is 1. The second-order valence-electron chi connectivity index (χ2n) is 2.06. The van der Waals surface area contributed by atoms with Gasteiger partial charge in [0, 0.05) is 6.42 Å². The second kappa shape index (κ2) is 3.41. The van der Waals surface area contributed by atoms with E-state index in [1.54, 1.807) is 0 Å². The van der Waals surface area contributed by atoms with Gasteiger partial charge in [-0.15, -0.1) is 0 Å². The molecule has 1 aliphatic rings. The van der Waals surface area contributed by atoms with Crippen molar-refractivity contribution in [3.8, 4) is 0 Å². The van der Waals surface area contributed by atoms with Crippen molar-refractivity contribution in [3.63, 3.8) is 0 Å². The van der Waals surface area contributed by atoms with E-state index in [1.165, 1.54) is 0 Å². The Labute approximate surface area is 54.5 Å². The summed E-state index contributed by atoms with van der Waals surface area (Å²) in [5, 5.41) is 0. The van der Waals surface area contributed by atoms with Crippen LogP contribution in [0.2, 0.25) is 0 Å². The van der Waals surface area contributed by atoms with E-state index >= 15 is 0 Å². The van der Waals surface area contributed by atoms with Crippen LogP contribution in [0.1, 0.15) is 12.8 Å². The topological polar surface area (TPSA) is 26.3 Å². The molecule has 0 aromatic carbocycles. The molecule has 2 heteroatoms. The summed E-state index contributed by atoms with van der Waals surface area (Å²) in [6.07, 6.45) is 5.37. The van der Waals surface area contributed by atoms with Crippen LogP contribution in [-0.2, 0) is 9.53 Å². The van der Waals surface area contributed by atoms with Crippen molar-refractivity contribution in [1.29, 1.82) is 0 Å². The fourth-order valence-corrected chi connectivity index (χ4v) is 0.729. The van der Waals surface area contributed by atoms with Crippen molar-refractivity contribution < 1.29 is 9.53 Å². The summed E-state index contributed by atoms with van der Waals surface area (Å²) in [5.74, 6) is 0.172. The van der Waals surface area contributed by atoms with Crippen LogP contribution in [0.25, 0.3) is 0 Å². The van der Waals surface area contributed by atoms with Gasteiger partial charge in [-0.3, -0.25) is 4.79 Å². The third-order valence-electron chi connectivity index (χ3n) is 1.20. The molecule has 0 aromatic rings. The number of Topliss-reactive ketones (excluding diaryl/α,β-unsaturated/α-hetero) is 1. The maximum atomic E-state index is 10.7. The Balaban J connectivity index is 2.37. The highest BCUT2D eigenvalue weighted by Gasteiger charge is 2.00. The van der Waals surface area contributed by atoms with Crippen LogP contribution in [0.5, 0.6) is 0 Å². The highest BCUT2D eigenvalue weighted by molar-refractivity contribution is 5.81. The number of rotatable bonds is 0. The van der Waals surface area contributed by atoms with Gasteiger partial charge in [-0.1, -0.05) is 12.2 Å². The monoisotopic (exact) mass is 126 g/mol. The minimum Gasteiger partial charge on any atom is -0.373 e. The van der Waals surface area contributed by atoms with E-state index in [2.05, 4.69) is 0 Å². The molecule has 1 heterocycles. The Morgan fingerprint density at radius 3 is 3.22 bits per heavy atom. The average molecular weight is 126 g/mol. The zero-order chi connectivity index (χ0) is 6.53. The van der Waals surface area contributed by atoms with E-state index in [9.17, 15) is 4.79 Å². The van der Waals surface area contributed by atoms with Gasteiger partial charge >= 0.3 is 0 Å². The molecule has 1 aliphatic heterocycles. The van der Waals surface area contributed by atoms with Crippen LogP contribution in [0.4, 0.5) is 0 Å². The molecule has 0 unspecified atom stereocenters. The van der Waals surface area contributed by atoms with Gasteiger partial charge in [0.1, 0.15) is 6.61 Å². The van der Waals surface area contributed by atoms with Crippen LogP contribution >= 0.6 is 0 Å². The van der Waals surface area contributed by atoms with Crippen molar-refractivity contribution in [1.82, 2.24) is 0 Å². The first kappa shape index (κ1) is 6.49. The highest BCUT2D eigenvalue weighted by Crippen LogP contribution is 1.95. The molecule has 2 nitrogen and oxygen atoms in total. The average Bonchev–Trinajstić information content (AvgIpc) is 1.79. The summed E-state index contributed by atoms with van der Waals surface area (Å²) in [6.45, 7) is 0.979. The van der Waals surface area contributed by atoms with Crippen molar-refractivity contribution in [3.05, 3.63) is 12.2 Å². The standard InChI is InChI=1S/C7H10O2/c8-7-4-2-1-3-5-9-6-7/h1-2H,3-6H2/b2-1-. The molecule has 0 atom stereocenters. The largest absolute Gasteiger partial charge is 0.373 e. The molecule has 0 radical (unpaired) electrons. The van der Waals surface area contributed by atoms with Crippen molar-refractivity contribution >= 4 is 5.78 Å². The lowest BCUT2D eigenvalue weighted by Gasteiger charge is -2.02. The molecular formula is C7H10O2. The third-order valence-corrected chi connectivity index (χ3v) is 1.20. The zero-order valence-corrected chi connectivity index (χ0v) is 5.30. The van der Waals surface area contributed by atoms with Crippen LogP contribution in [0.15, 0.2) is 12.2 Å². The normalized spacial score (nSPS) is 24.7. The Morgan fingerprint density at radius 1 is 1.44 bits per heavy atom. The van der Waals surface area contributed by atoms with Crippen LogP contribution < -0.4 is 0 Å². The van der Waals surface area contributed by atoms with Gasteiger partial charge in [0.05, 0.1) is 6.61 Å². The first-order chi connectivity index (χ1) is 4.39. The van der Waals surface area contributed by atoms with E-state index in [4.69, 9.17) is 4.74 Å². The van der Waals surface area contributed by atoms with Gasteiger partial charge in [-0.05, 0) is 6.42 Å². The molecule has 0 spiro atoms. The Bertz CT molecular complexity index is 127. The van der Waals surface area contributed by atoms with Crippen LogP contribution in [0.3, 0.4) is 0 Å². The first-order valence-corrected chi connectivity index (χ1v) is 3.14. The molecule has 0 N–H and O–H groups in total. The molecule has 0 amide bonds. The number of allylic oxidation sites excluding steroid dienone is 1. The number of hydrogen-bond donors (Lipinski definition) is 0. The minimum atomic E-state index is 0.172. The Kier molecular flexibility index (Phi) is 2.46. The number of carbonyl (C=O) groups is 1. The van der Waals surface area contributed by atoms with E-state index < -0.39 is 0 Å². The molecule has 0 aromatic heterocycles. The molecular weight excluding hydrogens is 116 g/mol. The molecule has 0 bridgehead atoms. The molecule has 0 saturated carbocycles. The lowest BCUT2D eigenvalue weighted by atomic mass is 10.2. The summed E-state index contributed by atoms with van der Waals surface area (Å²) in [5.41, 5.74) is 0. The minimum absolute atomic E-state index is 0.172. The maximum Gasteiger partial charge on any atom is 0.162 e. The Hall–Kier alpha value is -0.630. The van der Waals surface area contributed by atoms with E-state index in [1.807, 2.05) is 12.2 Å². The van der Waals surface area contributed by atoms with Crippen LogP contribution in [0, 0.1) is 0 Å². The summed E-state index contributed by atoms with van der Waals surface area (Å²) >= 11 is 0. The maximum absolute atomic E-state index is 10.7. The summed E-state index contributed by atoms with van der Waals surface area (Å²) in [6, 6.07) is 0.